The third-order valence-electron chi connectivity index (χ3n) is 2.87. The summed E-state index contributed by atoms with van der Waals surface area (Å²) in [5.41, 5.74) is -1.03. The predicted molar refractivity (Wildman–Crippen MR) is 68.7 cm³/mol. The SMILES string of the molecule is CCSC1CCCC1Nc1n[nH]c(=O)[nH]c1=O. The van der Waals surface area contributed by atoms with Gasteiger partial charge in [-0.25, -0.2) is 9.89 Å². The average molecular weight is 256 g/mol. The quantitative estimate of drug-likeness (QED) is 0.731. The zero-order chi connectivity index (χ0) is 12.3. The predicted octanol–water partition coefficient (Wildman–Crippen LogP) is 0.544. The zero-order valence-electron chi connectivity index (χ0n) is 9.66. The molecule has 0 radical (unpaired) electrons. The van der Waals surface area contributed by atoms with E-state index in [1.807, 2.05) is 11.8 Å². The normalized spacial score (nSPS) is 23.8. The smallest absolute Gasteiger partial charge is 0.342 e. The molecule has 0 spiro atoms. The Morgan fingerprint density at radius 2 is 2.29 bits per heavy atom. The number of hydrogen-bond acceptors (Lipinski definition) is 5. The maximum Gasteiger partial charge on any atom is 0.342 e. The van der Waals surface area contributed by atoms with Crippen LogP contribution in [-0.4, -0.2) is 32.2 Å². The summed E-state index contributed by atoms with van der Waals surface area (Å²) in [6, 6.07) is 0.263. The van der Waals surface area contributed by atoms with E-state index in [0.717, 1.165) is 25.0 Å². The van der Waals surface area contributed by atoms with Crippen LogP contribution in [0.2, 0.25) is 0 Å². The number of thioether (sulfide) groups is 1. The van der Waals surface area contributed by atoms with Crippen molar-refractivity contribution in [3.05, 3.63) is 20.8 Å². The van der Waals surface area contributed by atoms with Gasteiger partial charge in [0.25, 0.3) is 5.56 Å². The molecule has 3 N–H and O–H groups in total. The molecule has 1 aromatic rings. The lowest BCUT2D eigenvalue weighted by molar-refractivity contribution is 0.748. The van der Waals surface area contributed by atoms with Crippen molar-refractivity contribution in [2.24, 2.45) is 0 Å². The number of aromatic nitrogens is 3. The van der Waals surface area contributed by atoms with Gasteiger partial charge in [0, 0.05) is 11.3 Å². The van der Waals surface area contributed by atoms with Gasteiger partial charge in [0.15, 0.2) is 0 Å². The Bertz CT molecular complexity index is 484. The van der Waals surface area contributed by atoms with Crippen LogP contribution in [0.4, 0.5) is 5.82 Å². The summed E-state index contributed by atoms with van der Waals surface area (Å²) in [4.78, 5) is 24.5. The van der Waals surface area contributed by atoms with Crippen molar-refractivity contribution in [3.63, 3.8) is 0 Å². The van der Waals surface area contributed by atoms with Crippen LogP contribution in [0.15, 0.2) is 9.59 Å². The van der Waals surface area contributed by atoms with Crippen LogP contribution in [0.1, 0.15) is 26.2 Å². The second-order valence-electron chi connectivity index (χ2n) is 4.03. The molecule has 17 heavy (non-hydrogen) atoms. The standard InChI is InChI=1S/C10H16N4O2S/c1-2-17-7-5-3-4-6(7)11-8-9(15)12-10(16)14-13-8/h6-7H,2-5H2,1H3,(H,11,13)(H2,12,14,15,16). The number of aromatic amines is 2. The van der Waals surface area contributed by atoms with Crippen LogP contribution in [0.25, 0.3) is 0 Å². The number of nitrogens with one attached hydrogen (secondary N) is 3. The van der Waals surface area contributed by atoms with E-state index in [-0.39, 0.29) is 11.9 Å². The number of nitrogens with zero attached hydrogens (tertiary/aromatic N) is 1. The molecule has 0 aliphatic heterocycles. The van der Waals surface area contributed by atoms with Gasteiger partial charge in [-0.2, -0.15) is 11.8 Å². The molecule has 1 saturated carbocycles. The summed E-state index contributed by atoms with van der Waals surface area (Å²) in [6.07, 6.45) is 3.37. The van der Waals surface area contributed by atoms with Crippen LogP contribution >= 0.6 is 11.8 Å². The highest BCUT2D eigenvalue weighted by Gasteiger charge is 2.27. The Labute approximate surface area is 103 Å². The van der Waals surface area contributed by atoms with E-state index >= 15 is 0 Å². The van der Waals surface area contributed by atoms with Gasteiger partial charge in [-0.15, -0.1) is 5.10 Å². The van der Waals surface area contributed by atoms with Gasteiger partial charge in [0.05, 0.1) is 0 Å². The molecule has 7 heteroatoms. The van der Waals surface area contributed by atoms with E-state index in [4.69, 9.17) is 0 Å². The number of H-pyrrole nitrogens is 2. The second kappa shape index (κ2) is 5.39. The van der Waals surface area contributed by atoms with Gasteiger partial charge in [0.1, 0.15) is 0 Å². The largest absolute Gasteiger partial charge is 0.360 e. The Kier molecular flexibility index (Phi) is 3.88. The fourth-order valence-electron chi connectivity index (χ4n) is 2.13. The fraction of sp³-hybridized carbons (Fsp3) is 0.700. The average Bonchev–Trinajstić information content (AvgIpc) is 2.71. The lowest BCUT2D eigenvalue weighted by Gasteiger charge is -2.19. The Balaban J connectivity index is 2.09. The van der Waals surface area contributed by atoms with Gasteiger partial charge in [-0.3, -0.25) is 9.78 Å². The van der Waals surface area contributed by atoms with E-state index in [0.29, 0.717) is 5.25 Å². The number of hydrogen-bond donors (Lipinski definition) is 3. The highest BCUT2D eigenvalue weighted by atomic mass is 32.2. The van der Waals surface area contributed by atoms with Crippen molar-refractivity contribution in [1.82, 2.24) is 15.2 Å². The molecule has 0 aromatic carbocycles. The van der Waals surface area contributed by atoms with Crippen LogP contribution in [0, 0.1) is 0 Å². The van der Waals surface area contributed by atoms with Crippen molar-refractivity contribution in [3.8, 4) is 0 Å². The van der Waals surface area contributed by atoms with Crippen LogP contribution in [0.3, 0.4) is 0 Å². The number of rotatable bonds is 4. The van der Waals surface area contributed by atoms with Crippen molar-refractivity contribution in [2.45, 2.75) is 37.5 Å². The minimum atomic E-state index is -0.577. The molecule has 2 atom stereocenters. The zero-order valence-corrected chi connectivity index (χ0v) is 10.5. The van der Waals surface area contributed by atoms with E-state index in [1.54, 1.807) is 0 Å². The number of anilines is 1. The Morgan fingerprint density at radius 1 is 1.47 bits per heavy atom. The first-order valence-electron chi connectivity index (χ1n) is 5.78. The van der Waals surface area contributed by atoms with Crippen molar-refractivity contribution < 1.29 is 0 Å². The van der Waals surface area contributed by atoms with Gasteiger partial charge >= 0.3 is 5.69 Å². The van der Waals surface area contributed by atoms with E-state index in [2.05, 4.69) is 27.4 Å². The topological polar surface area (TPSA) is 90.6 Å². The molecular formula is C10H16N4O2S. The lowest BCUT2D eigenvalue weighted by atomic mass is 10.2. The lowest BCUT2D eigenvalue weighted by Crippen LogP contribution is -2.33. The summed E-state index contributed by atoms with van der Waals surface area (Å²) in [6.45, 7) is 2.13. The second-order valence-corrected chi connectivity index (χ2v) is 5.55. The third-order valence-corrected chi connectivity index (χ3v) is 4.19. The highest BCUT2D eigenvalue weighted by molar-refractivity contribution is 7.99. The monoisotopic (exact) mass is 256 g/mol. The van der Waals surface area contributed by atoms with Gasteiger partial charge < -0.3 is 5.32 Å². The molecule has 1 aliphatic rings. The fourth-order valence-corrected chi connectivity index (χ4v) is 3.32. The van der Waals surface area contributed by atoms with E-state index < -0.39 is 11.2 Å². The Hall–Kier alpha value is -1.24. The minimum absolute atomic E-state index is 0.207. The molecule has 0 amide bonds. The maximum atomic E-state index is 11.5. The van der Waals surface area contributed by atoms with Gasteiger partial charge in [-0.1, -0.05) is 13.3 Å². The van der Waals surface area contributed by atoms with Crippen LogP contribution in [0.5, 0.6) is 0 Å². The van der Waals surface area contributed by atoms with Crippen molar-refractivity contribution in [2.75, 3.05) is 11.1 Å². The maximum absolute atomic E-state index is 11.5. The first-order chi connectivity index (χ1) is 8.20. The summed E-state index contributed by atoms with van der Waals surface area (Å²) < 4.78 is 0. The summed E-state index contributed by atoms with van der Waals surface area (Å²) >= 11 is 1.90. The summed E-state index contributed by atoms with van der Waals surface area (Å²) in [5, 5.41) is 9.61. The highest BCUT2D eigenvalue weighted by Crippen LogP contribution is 2.31. The van der Waals surface area contributed by atoms with E-state index in [1.165, 1.54) is 0 Å². The molecule has 2 rings (SSSR count). The van der Waals surface area contributed by atoms with Crippen molar-refractivity contribution in [1.29, 1.82) is 0 Å². The molecule has 1 aromatic heterocycles. The molecule has 0 saturated heterocycles. The molecule has 1 aliphatic carbocycles. The Morgan fingerprint density at radius 3 is 3.00 bits per heavy atom. The molecule has 1 fully saturated rings. The molecule has 2 unspecified atom stereocenters. The molecule has 1 heterocycles. The molecule has 6 nitrogen and oxygen atoms in total. The first-order valence-corrected chi connectivity index (χ1v) is 6.82. The van der Waals surface area contributed by atoms with Crippen LogP contribution in [-0.2, 0) is 0 Å². The first kappa shape index (κ1) is 12.2. The molecule has 0 bridgehead atoms. The van der Waals surface area contributed by atoms with Crippen molar-refractivity contribution >= 4 is 17.6 Å². The van der Waals surface area contributed by atoms with E-state index in [9.17, 15) is 9.59 Å². The third kappa shape index (κ3) is 2.91. The van der Waals surface area contributed by atoms with Gasteiger partial charge in [0.2, 0.25) is 5.82 Å². The molecule has 94 valence electrons. The summed E-state index contributed by atoms with van der Waals surface area (Å²) in [7, 11) is 0. The minimum Gasteiger partial charge on any atom is -0.360 e. The van der Waals surface area contributed by atoms with Crippen LogP contribution < -0.4 is 16.6 Å². The molecular weight excluding hydrogens is 240 g/mol. The summed E-state index contributed by atoms with van der Waals surface area (Å²) in [5.74, 6) is 1.27. The van der Waals surface area contributed by atoms with Gasteiger partial charge in [-0.05, 0) is 18.6 Å².